The van der Waals surface area contributed by atoms with Crippen molar-refractivity contribution in [2.75, 3.05) is 52.8 Å². The third kappa shape index (κ3) is 6.86. The molecule has 4 rings (SSSR count). The molecule has 2 N–H and O–H groups in total. The van der Waals surface area contributed by atoms with Gasteiger partial charge in [0.25, 0.3) is 0 Å². The summed E-state index contributed by atoms with van der Waals surface area (Å²) in [6.07, 6.45) is 7.10. The molecule has 1 aromatic carbocycles. The van der Waals surface area contributed by atoms with Crippen LogP contribution < -0.4 is 14.8 Å². The molecule has 2 aliphatic rings. The summed E-state index contributed by atoms with van der Waals surface area (Å²) in [5.41, 5.74) is 3.42. The van der Waals surface area contributed by atoms with E-state index in [1.165, 1.54) is 18.7 Å². The van der Waals surface area contributed by atoms with Gasteiger partial charge in [-0.15, -0.1) is 0 Å². The summed E-state index contributed by atoms with van der Waals surface area (Å²) in [7, 11) is 5.24. The Labute approximate surface area is 237 Å². The molecule has 220 valence electrons. The average molecular weight is 557 g/mol. The van der Waals surface area contributed by atoms with E-state index in [9.17, 15) is 14.3 Å². The number of hydrogen-bond acceptors (Lipinski definition) is 7. The third-order valence-corrected chi connectivity index (χ3v) is 8.37. The van der Waals surface area contributed by atoms with Crippen LogP contribution in [-0.4, -0.2) is 79.3 Å². The molecule has 3 heterocycles. The van der Waals surface area contributed by atoms with Crippen LogP contribution in [-0.2, 0) is 17.6 Å². The van der Waals surface area contributed by atoms with Crippen molar-refractivity contribution in [3.63, 3.8) is 0 Å². The molecule has 1 fully saturated rings. The van der Waals surface area contributed by atoms with Crippen LogP contribution in [0.15, 0.2) is 18.2 Å². The molecule has 2 aromatic rings. The number of likely N-dealkylation sites (tertiary alicyclic amines) is 1. The second-order valence-electron chi connectivity index (χ2n) is 11.4. The Kier molecular flexibility index (Phi) is 10.2. The number of aromatic nitrogens is 1. The van der Waals surface area contributed by atoms with Crippen molar-refractivity contribution >= 4 is 11.8 Å². The lowest BCUT2D eigenvalue weighted by atomic mass is 9.95. The lowest BCUT2D eigenvalue weighted by molar-refractivity contribution is -0.143. The zero-order chi connectivity index (χ0) is 28.8. The Bertz CT molecular complexity index is 1160. The van der Waals surface area contributed by atoms with Crippen molar-refractivity contribution in [1.29, 1.82) is 0 Å². The minimum Gasteiger partial charge on any atom is -0.496 e. The number of nitrogens with zero attached hydrogens (tertiary/aromatic N) is 3. The van der Waals surface area contributed by atoms with Gasteiger partial charge in [-0.25, -0.2) is 9.37 Å². The highest BCUT2D eigenvalue weighted by molar-refractivity contribution is 5.77. The van der Waals surface area contributed by atoms with Crippen LogP contribution in [0.3, 0.4) is 0 Å². The molecule has 8 nitrogen and oxygen atoms in total. The number of benzene rings is 1. The fourth-order valence-corrected chi connectivity index (χ4v) is 6.03. The SMILES string of the molecule is COc1cc(CCCCCN(C)[C@@H]2CCN([C@H](C(=O)O)c3cc(C(C)C)cc(F)c3OC)C2)nc2c1CCCN2. The van der Waals surface area contributed by atoms with Crippen LogP contribution in [0.1, 0.15) is 80.3 Å². The average Bonchev–Trinajstić information content (AvgIpc) is 3.41. The predicted molar refractivity (Wildman–Crippen MR) is 155 cm³/mol. The number of likely N-dealkylation sites (N-methyl/N-ethyl adjacent to an activating group) is 1. The smallest absolute Gasteiger partial charge is 0.325 e. The number of aliphatic carboxylic acids is 1. The molecule has 9 heteroatoms. The van der Waals surface area contributed by atoms with Gasteiger partial charge in [-0.05, 0) is 75.7 Å². The minimum absolute atomic E-state index is 0.0235. The molecule has 2 atom stereocenters. The molecular formula is C31H45FN4O4. The van der Waals surface area contributed by atoms with E-state index in [0.717, 1.165) is 80.9 Å². The predicted octanol–water partition coefficient (Wildman–Crippen LogP) is 5.26. The normalized spacial score (nSPS) is 18.1. The second kappa shape index (κ2) is 13.6. The summed E-state index contributed by atoms with van der Waals surface area (Å²) in [5, 5.41) is 13.6. The number of carbonyl (C=O) groups is 1. The lowest BCUT2D eigenvalue weighted by Gasteiger charge is -2.29. The molecule has 0 aliphatic carbocycles. The highest BCUT2D eigenvalue weighted by Gasteiger charge is 2.37. The van der Waals surface area contributed by atoms with Gasteiger partial charge in [0.15, 0.2) is 11.6 Å². The molecule has 0 radical (unpaired) electrons. The number of rotatable bonds is 13. The fourth-order valence-electron chi connectivity index (χ4n) is 6.03. The number of halogens is 1. The van der Waals surface area contributed by atoms with Crippen LogP contribution in [0.4, 0.5) is 10.2 Å². The molecule has 0 amide bonds. The summed E-state index contributed by atoms with van der Waals surface area (Å²) < 4.78 is 25.8. The van der Waals surface area contributed by atoms with Gasteiger partial charge >= 0.3 is 5.97 Å². The Hall–Kier alpha value is -2.91. The number of methoxy groups -OCH3 is 2. The molecule has 1 aromatic heterocycles. The number of fused-ring (bicyclic) bond motifs is 1. The topological polar surface area (TPSA) is 87.2 Å². The Morgan fingerprint density at radius 2 is 2.02 bits per heavy atom. The van der Waals surface area contributed by atoms with Gasteiger partial charge in [0, 0.05) is 48.6 Å². The first-order valence-electron chi connectivity index (χ1n) is 14.6. The van der Waals surface area contributed by atoms with Crippen molar-refractivity contribution in [1.82, 2.24) is 14.8 Å². The van der Waals surface area contributed by atoms with Crippen molar-refractivity contribution < 1.29 is 23.8 Å². The zero-order valence-corrected chi connectivity index (χ0v) is 24.6. The first kappa shape index (κ1) is 30.1. The van der Waals surface area contributed by atoms with E-state index in [0.29, 0.717) is 18.7 Å². The van der Waals surface area contributed by atoms with Gasteiger partial charge in [-0.1, -0.05) is 20.3 Å². The van der Waals surface area contributed by atoms with Gasteiger partial charge in [-0.2, -0.15) is 0 Å². The fraction of sp³-hybridized carbons (Fsp3) is 0.613. The number of carboxylic acids is 1. The van der Waals surface area contributed by atoms with E-state index in [1.54, 1.807) is 13.2 Å². The van der Waals surface area contributed by atoms with E-state index in [4.69, 9.17) is 14.5 Å². The molecule has 0 bridgehead atoms. The maximum absolute atomic E-state index is 14.9. The van der Waals surface area contributed by atoms with Crippen LogP contribution in [0.2, 0.25) is 0 Å². The number of hydrogen-bond donors (Lipinski definition) is 2. The van der Waals surface area contributed by atoms with E-state index in [-0.39, 0.29) is 17.7 Å². The van der Waals surface area contributed by atoms with Crippen LogP contribution in [0, 0.1) is 5.82 Å². The molecular weight excluding hydrogens is 511 g/mol. The first-order valence-corrected chi connectivity index (χ1v) is 14.6. The molecule has 0 unspecified atom stereocenters. The van der Waals surface area contributed by atoms with E-state index < -0.39 is 17.8 Å². The monoisotopic (exact) mass is 556 g/mol. The standard InChI is InChI=1S/C31H45FN4O4/c1-20(2)21-16-25(29(40-5)26(32)17-21)28(31(37)38)36-15-12-23(19-36)35(3)14-8-6-7-10-22-18-27(39-4)24-11-9-13-33-30(24)34-22/h16-18,20,23,28H,6-15,19H2,1-5H3,(H,33,34)(H,37,38)/t23-,28+/m1/s1. The zero-order valence-electron chi connectivity index (χ0n) is 24.6. The summed E-state index contributed by atoms with van der Waals surface area (Å²) in [5.74, 6) is 0.520. The number of unbranched alkanes of at least 4 members (excludes halogenated alkanes) is 2. The number of pyridine rings is 1. The molecule has 1 saturated heterocycles. The van der Waals surface area contributed by atoms with Gasteiger partial charge < -0.3 is 24.8 Å². The largest absolute Gasteiger partial charge is 0.496 e. The Morgan fingerprint density at radius 1 is 1.23 bits per heavy atom. The first-order chi connectivity index (χ1) is 19.2. The number of nitrogens with one attached hydrogen (secondary N) is 1. The number of anilines is 1. The van der Waals surface area contributed by atoms with Gasteiger partial charge in [0.05, 0.1) is 14.2 Å². The third-order valence-electron chi connectivity index (χ3n) is 8.37. The van der Waals surface area contributed by atoms with E-state index in [1.807, 2.05) is 18.7 Å². The quantitative estimate of drug-likeness (QED) is 0.323. The van der Waals surface area contributed by atoms with Crippen molar-refractivity contribution in [3.8, 4) is 11.5 Å². The van der Waals surface area contributed by atoms with E-state index >= 15 is 0 Å². The summed E-state index contributed by atoms with van der Waals surface area (Å²) in [6.45, 7) is 7.11. The number of ether oxygens (including phenoxy) is 2. The highest BCUT2D eigenvalue weighted by atomic mass is 19.1. The number of aryl methyl sites for hydroxylation is 1. The highest BCUT2D eigenvalue weighted by Crippen LogP contribution is 2.37. The minimum atomic E-state index is -0.982. The maximum atomic E-state index is 14.9. The van der Waals surface area contributed by atoms with Gasteiger partial charge in [0.2, 0.25) is 0 Å². The maximum Gasteiger partial charge on any atom is 0.325 e. The van der Waals surface area contributed by atoms with Crippen molar-refractivity contribution in [2.24, 2.45) is 0 Å². The van der Waals surface area contributed by atoms with E-state index in [2.05, 4.69) is 23.3 Å². The van der Waals surface area contributed by atoms with Crippen LogP contribution >= 0.6 is 0 Å². The summed E-state index contributed by atoms with van der Waals surface area (Å²) in [4.78, 5) is 21.6. The molecule has 2 aliphatic heterocycles. The molecule has 0 spiro atoms. The molecule has 0 saturated carbocycles. The van der Waals surface area contributed by atoms with Gasteiger partial charge in [0.1, 0.15) is 17.6 Å². The Morgan fingerprint density at radius 3 is 2.73 bits per heavy atom. The van der Waals surface area contributed by atoms with Crippen molar-refractivity contribution in [3.05, 3.63) is 46.4 Å². The Balaban J connectivity index is 1.30. The second-order valence-corrected chi connectivity index (χ2v) is 11.4. The number of carboxylic acid groups (broad SMARTS) is 1. The summed E-state index contributed by atoms with van der Waals surface area (Å²) in [6, 6.07) is 4.63. The van der Waals surface area contributed by atoms with Crippen molar-refractivity contribution in [2.45, 2.75) is 76.8 Å². The summed E-state index contributed by atoms with van der Waals surface area (Å²) >= 11 is 0. The van der Waals surface area contributed by atoms with Gasteiger partial charge in [-0.3, -0.25) is 9.69 Å². The van der Waals surface area contributed by atoms with Crippen LogP contribution in [0.25, 0.3) is 0 Å². The lowest BCUT2D eigenvalue weighted by Crippen LogP contribution is -2.38. The molecule has 40 heavy (non-hydrogen) atoms. The van der Waals surface area contributed by atoms with Crippen LogP contribution in [0.5, 0.6) is 11.5 Å².